The van der Waals surface area contributed by atoms with Gasteiger partial charge in [-0.2, -0.15) is 26.3 Å². The van der Waals surface area contributed by atoms with Gasteiger partial charge in [0.1, 0.15) is 11.2 Å². The standard InChI is InChI=1S/C14H20F3NO3.C11H20N2O2.C9H12F3NO/c1-13(2,3)21-12(20)18-9(6-8-7-10(8)18)4-5-11(19)14(15,16)17;1-11(2,3)15-10(14)13-8(6-12)4-7-5-9(7)13;10-9(11,12)8(14)2-1-6-3-5-4-7(5)13-6/h8-10H,4-7H2,1-3H3;7-9H,4-6,12H2,1-3H3;5-7,13H,1-4H2/t8-,9+,10+;7-,8-,9+;5-,6-,7+/m111/s1. The maximum Gasteiger partial charge on any atom is 0.449 e. The summed E-state index contributed by atoms with van der Waals surface area (Å²) in [6.45, 7) is 11.5. The smallest absolute Gasteiger partial charge is 0.444 e. The molecule has 0 aromatic carbocycles. The van der Waals surface area contributed by atoms with Gasteiger partial charge >= 0.3 is 24.5 Å². The molecule has 3 saturated heterocycles. The van der Waals surface area contributed by atoms with Crippen molar-refractivity contribution in [2.75, 3.05) is 6.54 Å². The number of likely N-dealkylation sites (tertiary alicyclic amines) is 2. The Balaban J connectivity index is 0.000000173. The van der Waals surface area contributed by atoms with E-state index in [1.165, 1.54) is 0 Å². The third kappa shape index (κ3) is 11.2. The first-order valence-corrected chi connectivity index (χ1v) is 17.6. The molecule has 2 amide bonds. The van der Waals surface area contributed by atoms with Gasteiger partial charge in [0.25, 0.3) is 0 Å². The molecule has 6 fully saturated rings. The summed E-state index contributed by atoms with van der Waals surface area (Å²) < 4.78 is 82.9. The van der Waals surface area contributed by atoms with E-state index in [0.29, 0.717) is 49.2 Å². The lowest BCUT2D eigenvalue weighted by atomic mass is 10.0. The van der Waals surface area contributed by atoms with Crippen molar-refractivity contribution < 1.29 is 55.0 Å². The number of hydrogen-bond donors (Lipinski definition) is 2. The molecule has 0 radical (unpaired) electrons. The summed E-state index contributed by atoms with van der Waals surface area (Å²) in [7, 11) is 0. The Hall–Kier alpha value is -2.62. The van der Waals surface area contributed by atoms with Crippen LogP contribution in [0.2, 0.25) is 0 Å². The minimum atomic E-state index is -4.79. The lowest BCUT2D eigenvalue weighted by molar-refractivity contribution is -0.171. The topological polar surface area (TPSA) is 131 Å². The van der Waals surface area contributed by atoms with Crippen LogP contribution in [-0.4, -0.2) is 99.9 Å². The van der Waals surface area contributed by atoms with Crippen LogP contribution in [0, 0.1) is 17.8 Å². The first kappa shape index (κ1) is 40.2. The molecule has 6 rings (SSSR count). The summed E-state index contributed by atoms with van der Waals surface area (Å²) in [5, 5.41) is 3.22. The lowest BCUT2D eigenvalue weighted by Crippen LogP contribution is -2.45. The zero-order chi connectivity index (χ0) is 37.6. The molecule has 0 unspecified atom stereocenters. The molecule has 6 aliphatic rings. The molecule has 3 aliphatic heterocycles. The number of hydrogen-bond acceptors (Lipinski definition) is 8. The van der Waals surface area contributed by atoms with E-state index >= 15 is 0 Å². The highest BCUT2D eigenvalue weighted by molar-refractivity contribution is 5.84. The van der Waals surface area contributed by atoms with E-state index in [0.717, 1.165) is 32.1 Å². The van der Waals surface area contributed by atoms with Crippen molar-refractivity contribution >= 4 is 23.8 Å². The Morgan fingerprint density at radius 2 is 1.08 bits per heavy atom. The number of nitrogens with two attached hydrogens (primary N) is 1. The fourth-order valence-corrected chi connectivity index (χ4v) is 7.32. The van der Waals surface area contributed by atoms with E-state index < -0.39 is 47.6 Å². The number of alkyl halides is 6. The molecule has 0 spiro atoms. The van der Waals surface area contributed by atoms with Crippen molar-refractivity contribution in [1.82, 2.24) is 15.1 Å². The molecule has 0 bridgehead atoms. The summed E-state index contributed by atoms with van der Waals surface area (Å²) in [6, 6.07) is 1.02. The normalized spacial score (nSPS) is 32.0. The van der Waals surface area contributed by atoms with Crippen molar-refractivity contribution in [2.24, 2.45) is 23.5 Å². The van der Waals surface area contributed by atoms with Gasteiger partial charge in [-0.05, 0) is 111 Å². The third-order valence-electron chi connectivity index (χ3n) is 9.92. The van der Waals surface area contributed by atoms with E-state index in [4.69, 9.17) is 15.2 Å². The average Bonchev–Trinajstić information content (AvgIpc) is 3.93. The average molecular weight is 727 g/mol. The Morgan fingerprint density at radius 3 is 1.48 bits per heavy atom. The van der Waals surface area contributed by atoms with Crippen molar-refractivity contribution in [1.29, 1.82) is 0 Å². The van der Waals surface area contributed by atoms with Gasteiger partial charge in [-0.15, -0.1) is 0 Å². The molecule has 0 aromatic heterocycles. The number of Topliss-reactive ketones (excluding diaryl/α,β-unsaturated/α-hetero) is 2. The Morgan fingerprint density at radius 1 is 0.640 bits per heavy atom. The quantitative estimate of drug-likeness (QED) is 0.293. The molecule has 10 nitrogen and oxygen atoms in total. The first-order valence-electron chi connectivity index (χ1n) is 17.6. The van der Waals surface area contributed by atoms with Gasteiger partial charge in [0.2, 0.25) is 11.6 Å². The predicted octanol–water partition coefficient (Wildman–Crippen LogP) is 6.29. The lowest BCUT2D eigenvalue weighted by Gasteiger charge is -2.30. The molecule has 3 N–H and O–H groups in total. The van der Waals surface area contributed by atoms with Crippen LogP contribution in [0.25, 0.3) is 0 Å². The maximum absolute atomic E-state index is 12.2. The summed E-state index contributed by atoms with van der Waals surface area (Å²) >= 11 is 0. The number of fused-ring (bicyclic) bond motifs is 3. The van der Waals surface area contributed by atoms with Gasteiger partial charge in [0.15, 0.2) is 0 Å². The number of carbonyl (C=O) groups is 4. The van der Waals surface area contributed by atoms with Crippen molar-refractivity contribution in [3.63, 3.8) is 0 Å². The number of piperidine rings is 3. The highest BCUT2D eigenvalue weighted by Gasteiger charge is 2.56. The molecule has 9 atom stereocenters. The number of carbonyl (C=O) groups excluding carboxylic acids is 4. The van der Waals surface area contributed by atoms with E-state index in [2.05, 4.69) is 5.32 Å². The second-order valence-corrected chi connectivity index (χ2v) is 16.5. The summed E-state index contributed by atoms with van der Waals surface area (Å²) in [6.07, 6.45) is -4.88. The number of nitrogens with one attached hydrogen (secondary N) is 1. The van der Waals surface area contributed by atoms with Crippen LogP contribution in [0.5, 0.6) is 0 Å². The maximum atomic E-state index is 12.2. The fourth-order valence-electron chi connectivity index (χ4n) is 7.32. The number of ketones is 2. The highest BCUT2D eigenvalue weighted by Crippen LogP contribution is 2.50. The number of halogens is 6. The minimum Gasteiger partial charge on any atom is -0.444 e. The van der Waals surface area contributed by atoms with Gasteiger partial charge in [-0.1, -0.05) is 0 Å². The Labute approximate surface area is 289 Å². The zero-order valence-corrected chi connectivity index (χ0v) is 29.7. The van der Waals surface area contributed by atoms with E-state index in [-0.39, 0.29) is 43.1 Å². The van der Waals surface area contributed by atoms with Crippen LogP contribution in [0.4, 0.5) is 35.9 Å². The third-order valence-corrected chi connectivity index (χ3v) is 9.92. The second kappa shape index (κ2) is 14.8. The fraction of sp³-hybridized carbons (Fsp3) is 0.882. The Bertz CT molecular complexity index is 1250. The van der Waals surface area contributed by atoms with Crippen LogP contribution in [0.3, 0.4) is 0 Å². The number of amides is 2. The number of ether oxygens (including phenoxy) is 2. The molecule has 16 heteroatoms. The Kier molecular flexibility index (Phi) is 11.9. The summed E-state index contributed by atoms with van der Waals surface area (Å²) in [5.74, 6) is -1.62. The molecule has 3 aliphatic carbocycles. The first-order chi connectivity index (χ1) is 22.9. The molecular formula is C34H52F6N4O6. The van der Waals surface area contributed by atoms with Gasteiger partial charge in [0.05, 0.1) is 0 Å². The van der Waals surface area contributed by atoms with E-state index in [1.807, 2.05) is 25.7 Å². The van der Waals surface area contributed by atoms with Crippen LogP contribution in [0.15, 0.2) is 0 Å². The van der Waals surface area contributed by atoms with Gasteiger partial charge in [-0.3, -0.25) is 9.59 Å². The van der Waals surface area contributed by atoms with E-state index in [1.54, 1.807) is 25.7 Å². The SMILES string of the molecule is CC(C)(C)OC(=O)N1[C@@H](CCC(=O)C(F)(F)F)C[C@@H]2C[C@@H]21.CC(C)(C)OC(=O)N1[C@@H](CN)C[C@@H]2C[C@@H]21.O=C(CC[C@@H]1C[C@@H]2C[C@@H]2N1)C(F)(F)F. The molecule has 0 aromatic rings. The summed E-state index contributed by atoms with van der Waals surface area (Å²) in [4.78, 5) is 49.0. The molecule has 50 heavy (non-hydrogen) atoms. The molecule has 3 heterocycles. The van der Waals surface area contributed by atoms with E-state index in [9.17, 15) is 45.5 Å². The van der Waals surface area contributed by atoms with Crippen LogP contribution < -0.4 is 11.1 Å². The van der Waals surface area contributed by atoms with Gasteiger partial charge < -0.3 is 30.3 Å². The zero-order valence-electron chi connectivity index (χ0n) is 29.7. The summed E-state index contributed by atoms with van der Waals surface area (Å²) in [5.41, 5.74) is 4.60. The van der Waals surface area contributed by atoms with Crippen LogP contribution in [-0.2, 0) is 19.1 Å². The predicted molar refractivity (Wildman–Crippen MR) is 170 cm³/mol. The van der Waals surface area contributed by atoms with Crippen LogP contribution >= 0.6 is 0 Å². The second-order valence-electron chi connectivity index (χ2n) is 16.5. The van der Waals surface area contributed by atoms with Crippen molar-refractivity contribution in [3.05, 3.63) is 0 Å². The minimum absolute atomic E-state index is 0.0462. The number of rotatable bonds is 7. The van der Waals surface area contributed by atoms with Gasteiger partial charge in [-0.25, -0.2) is 9.59 Å². The van der Waals surface area contributed by atoms with Crippen LogP contribution in [0.1, 0.15) is 106 Å². The number of nitrogens with zero attached hydrogens (tertiary/aromatic N) is 2. The highest BCUT2D eigenvalue weighted by atomic mass is 19.4. The van der Waals surface area contributed by atoms with Gasteiger partial charge in [0, 0.05) is 55.6 Å². The monoisotopic (exact) mass is 726 g/mol. The molecule has 286 valence electrons. The van der Waals surface area contributed by atoms with Crippen molar-refractivity contribution in [3.8, 4) is 0 Å². The molecular weight excluding hydrogens is 674 g/mol. The van der Waals surface area contributed by atoms with Crippen molar-refractivity contribution in [2.45, 2.75) is 166 Å². The molecule has 3 saturated carbocycles. The largest absolute Gasteiger partial charge is 0.449 e.